The van der Waals surface area contributed by atoms with Crippen LogP contribution in [0.5, 0.6) is 0 Å². The number of aryl methyl sites for hydroxylation is 1. The SMILES string of the molecule is Cn1cc(C(C)(C)C)c(N)n1. The van der Waals surface area contributed by atoms with Crippen molar-refractivity contribution in [3.8, 4) is 0 Å². The van der Waals surface area contributed by atoms with Crippen molar-refractivity contribution in [2.24, 2.45) is 7.05 Å². The molecule has 11 heavy (non-hydrogen) atoms. The van der Waals surface area contributed by atoms with Crippen LogP contribution >= 0.6 is 0 Å². The summed E-state index contributed by atoms with van der Waals surface area (Å²) in [5, 5.41) is 4.07. The van der Waals surface area contributed by atoms with Crippen molar-refractivity contribution in [1.29, 1.82) is 0 Å². The maximum absolute atomic E-state index is 5.70. The second kappa shape index (κ2) is 2.26. The molecule has 0 aliphatic rings. The molecule has 3 heteroatoms. The molecule has 1 aromatic rings. The average molecular weight is 153 g/mol. The zero-order valence-electron chi connectivity index (χ0n) is 7.55. The lowest BCUT2D eigenvalue weighted by Crippen LogP contribution is -2.12. The molecule has 0 bridgehead atoms. The van der Waals surface area contributed by atoms with Gasteiger partial charge in [0.15, 0.2) is 0 Å². The van der Waals surface area contributed by atoms with E-state index in [-0.39, 0.29) is 5.41 Å². The largest absolute Gasteiger partial charge is 0.382 e. The van der Waals surface area contributed by atoms with E-state index < -0.39 is 0 Å². The summed E-state index contributed by atoms with van der Waals surface area (Å²) >= 11 is 0. The fraction of sp³-hybridized carbons (Fsp3) is 0.625. The lowest BCUT2D eigenvalue weighted by molar-refractivity contribution is 0.591. The minimum Gasteiger partial charge on any atom is -0.382 e. The molecule has 1 rings (SSSR count). The summed E-state index contributed by atoms with van der Waals surface area (Å²) in [4.78, 5) is 0. The van der Waals surface area contributed by atoms with Crippen LogP contribution < -0.4 is 5.73 Å². The van der Waals surface area contributed by atoms with Crippen molar-refractivity contribution >= 4 is 5.82 Å². The monoisotopic (exact) mass is 153 g/mol. The van der Waals surface area contributed by atoms with E-state index >= 15 is 0 Å². The van der Waals surface area contributed by atoms with Gasteiger partial charge in [0.25, 0.3) is 0 Å². The molecule has 0 atom stereocenters. The summed E-state index contributed by atoms with van der Waals surface area (Å²) in [6.07, 6.45) is 1.97. The van der Waals surface area contributed by atoms with Crippen LogP contribution in [0.25, 0.3) is 0 Å². The van der Waals surface area contributed by atoms with E-state index in [0.29, 0.717) is 5.82 Å². The molecule has 0 aliphatic heterocycles. The van der Waals surface area contributed by atoms with Crippen LogP contribution in [-0.4, -0.2) is 9.78 Å². The fourth-order valence-corrected chi connectivity index (χ4v) is 1.08. The van der Waals surface area contributed by atoms with Gasteiger partial charge in [0.2, 0.25) is 0 Å². The van der Waals surface area contributed by atoms with Crippen molar-refractivity contribution in [3.63, 3.8) is 0 Å². The smallest absolute Gasteiger partial charge is 0.149 e. The van der Waals surface area contributed by atoms with Crippen LogP contribution in [0.4, 0.5) is 5.82 Å². The second-order valence-electron chi connectivity index (χ2n) is 3.85. The number of anilines is 1. The topological polar surface area (TPSA) is 43.8 Å². The molecule has 0 spiro atoms. The number of rotatable bonds is 0. The second-order valence-corrected chi connectivity index (χ2v) is 3.85. The highest BCUT2D eigenvalue weighted by Gasteiger charge is 2.18. The lowest BCUT2D eigenvalue weighted by atomic mass is 9.89. The predicted molar refractivity (Wildman–Crippen MR) is 46.3 cm³/mol. The minimum atomic E-state index is 0.0956. The lowest BCUT2D eigenvalue weighted by Gasteiger charge is -2.16. The Morgan fingerprint density at radius 2 is 2.00 bits per heavy atom. The van der Waals surface area contributed by atoms with Crippen LogP contribution in [-0.2, 0) is 12.5 Å². The zero-order chi connectivity index (χ0) is 8.65. The van der Waals surface area contributed by atoms with Crippen LogP contribution in [0.15, 0.2) is 6.20 Å². The maximum atomic E-state index is 5.70. The van der Waals surface area contributed by atoms with Gasteiger partial charge in [-0.05, 0) is 5.41 Å². The van der Waals surface area contributed by atoms with Crippen LogP contribution in [0, 0.1) is 0 Å². The van der Waals surface area contributed by atoms with Crippen LogP contribution in [0.1, 0.15) is 26.3 Å². The minimum absolute atomic E-state index is 0.0956. The quantitative estimate of drug-likeness (QED) is 0.610. The van der Waals surface area contributed by atoms with Crippen molar-refractivity contribution in [1.82, 2.24) is 9.78 Å². The summed E-state index contributed by atoms with van der Waals surface area (Å²) in [7, 11) is 1.88. The number of nitrogens with two attached hydrogens (primary N) is 1. The van der Waals surface area contributed by atoms with Gasteiger partial charge in [-0.3, -0.25) is 4.68 Å². The summed E-state index contributed by atoms with van der Waals surface area (Å²) in [6.45, 7) is 6.38. The molecule has 0 saturated carbocycles. The Morgan fingerprint density at radius 1 is 1.45 bits per heavy atom. The Labute approximate surface area is 67.2 Å². The van der Waals surface area contributed by atoms with Gasteiger partial charge < -0.3 is 5.73 Å². The number of aromatic nitrogens is 2. The highest BCUT2D eigenvalue weighted by Crippen LogP contribution is 2.25. The van der Waals surface area contributed by atoms with Crippen LogP contribution in [0.2, 0.25) is 0 Å². The van der Waals surface area contributed by atoms with Gasteiger partial charge in [0.1, 0.15) is 5.82 Å². The molecular weight excluding hydrogens is 138 g/mol. The van der Waals surface area contributed by atoms with E-state index in [2.05, 4.69) is 25.9 Å². The Hall–Kier alpha value is -0.990. The molecule has 1 aromatic heterocycles. The van der Waals surface area contributed by atoms with Crippen molar-refractivity contribution < 1.29 is 0 Å². The predicted octanol–water partition coefficient (Wildman–Crippen LogP) is 1.30. The maximum Gasteiger partial charge on any atom is 0.149 e. The van der Waals surface area contributed by atoms with E-state index in [0.717, 1.165) is 5.56 Å². The van der Waals surface area contributed by atoms with E-state index in [1.54, 1.807) is 4.68 Å². The summed E-state index contributed by atoms with van der Waals surface area (Å²) in [6, 6.07) is 0. The normalized spacial score (nSPS) is 12.0. The molecule has 0 aromatic carbocycles. The molecule has 0 unspecified atom stereocenters. The van der Waals surface area contributed by atoms with Gasteiger partial charge in [0.05, 0.1) is 0 Å². The Morgan fingerprint density at radius 3 is 2.18 bits per heavy atom. The number of hydrogen-bond donors (Lipinski definition) is 1. The molecule has 0 radical (unpaired) electrons. The molecule has 0 aliphatic carbocycles. The molecule has 0 fully saturated rings. The molecule has 2 N–H and O–H groups in total. The highest BCUT2D eigenvalue weighted by atomic mass is 15.3. The van der Waals surface area contributed by atoms with Gasteiger partial charge in [-0.1, -0.05) is 20.8 Å². The first-order valence-corrected chi connectivity index (χ1v) is 3.71. The third-order valence-electron chi connectivity index (χ3n) is 1.67. The first kappa shape index (κ1) is 8.11. The fourth-order valence-electron chi connectivity index (χ4n) is 1.08. The molecule has 0 saturated heterocycles. The molecular formula is C8H15N3. The van der Waals surface area contributed by atoms with Crippen molar-refractivity contribution in [2.45, 2.75) is 26.2 Å². The van der Waals surface area contributed by atoms with E-state index in [4.69, 9.17) is 5.73 Å². The van der Waals surface area contributed by atoms with E-state index in [1.807, 2.05) is 13.2 Å². The van der Waals surface area contributed by atoms with E-state index in [1.165, 1.54) is 0 Å². The van der Waals surface area contributed by atoms with Crippen molar-refractivity contribution in [2.75, 3.05) is 5.73 Å². The van der Waals surface area contributed by atoms with Gasteiger partial charge in [-0.2, -0.15) is 5.10 Å². The molecule has 62 valence electrons. The average Bonchev–Trinajstić information content (AvgIpc) is 2.08. The third kappa shape index (κ3) is 1.53. The summed E-state index contributed by atoms with van der Waals surface area (Å²) in [5.74, 6) is 0.639. The number of hydrogen-bond acceptors (Lipinski definition) is 2. The summed E-state index contributed by atoms with van der Waals surface area (Å²) < 4.78 is 1.75. The number of nitrogens with zero attached hydrogens (tertiary/aromatic N) is 2. The Balaban J connectivity index is 3.13. The molecule has 1 heterocycles. The van der Waals surface area contributed by atoms with Gasteiger partial charge in [-0.25, -0.2) is 0 Å². The zero-order valence-corrected chi connectivity index (χ0v) is 7.55. The molecule has 0 amide bonds. The Kier molecular flexibility index (Phi) is 1.66. The summed E-state index contributed by atoms with van der Waals surface area (Å²) in [5.41, 5.74) is 6.90. The Bertz CT molecular complexity index is 255. The van der Waals surface area contributed by atoms with E-state index in [9.17, 15) is 0 Å². The standard InChI is InChI=1S/C8H15N3/c1-8(2,3)6-5-11(4)10-7(6)9/h5H,1-4H3,(H2,9,10). The van der Waals surface area contributed by atoms with Crippen LogP contribution in [0.3, 0.4) is 0 Å². The molecule has 3 nitrogen and oxygen atoms in total. The van der Waals surface area contributed by atoms with Gasteiger partial charge in [0, 0.05) is 18.8 Å². The highest BCUT2D eigenvalue weighted by molar-refractivity contribution is 5.41. The first-order valence-electron chi connectivity index (χ1n) is 3.71. The van der Waals surface area contributed by atoms with Gasteiger partial charge in [-0.15, -0.1) is 0 Å². The first-order chi connectivity index (χ1) is 4.91. The van der Waals surface area contributed by atoms with Gasteiger partial charge >= 0.3 is 0 Å². The number of nitrogen functional groups attached to an aromatic ring is 1. The third-order valence-corrected chi connectivity index (χ3v) is 1.67. The van der Waals surface area contributed by atoms with Crippen molar-refractivity contribution in [3.05, 3.63) is 11.8 Å².